The summed E-state index contributed by atoms with van der Waals surface area (Å²) in [5.41, 5.74) is 1.19. The highest BCUT2D eigenvalue weighted by atomic mass is 32.2. The molecule has 2 N–H and O–H groups in total. The predicted molar refractivity (Wildman–Crippen MR) is 114 cm³/mol. The summed E-state index contributed by atoms with van der Waals surface area (Å²) in [5, 5.41) is 6.35. The van der Waals surface area contributed by atoms with E-state index in [1.54, 1.807) is 37.4 Å². The molecule has 1 unspecified atom stereocenters. The third kappa shape index (κ3) is 6.88. The van der Waals surface area contributed by atoms with Crippen molar-refractivity contribution in [1.82, 2.24) is 10.6 Å². The lowest BCUT2D eigenvalue weighted by Crippen LogP contribution is -2.46. The average molecular weight is 404 g/mol. The molecule has 0 heterocycles. The number of benzene rings is 2. The summed E-state index contributed by atoms with van der Waals surface area (Å²) >= 11 is 0. The van der Waals surface area contributed by atoms with Crippen molar-refractivity contribution in [3.8, 4) is 5.75 Å². The van der Waals surface area contributed by atoms with Crippen LogP contribution in [-0.2, 0) is 9.84 Å². The van der Waals surface area contributed by atoms with E-state index in [9.17, 15) is 8.42 Å². The number of aliphatic imine (C=N–C) groups is 1. The molecule has 0 aromatic heterocycles. The summed E-state index contributed by atoms with van der Waals surface area (Å²) in [6.07, 6.45) is 0.659. The lowest BCUT2D eigenvalue weighted by atomic mass is 10.2. The van der Waals surface area contributed by atoms with E-state index in [2.05, 4.69) is 15.6 Å². The second-order valence-corrected chi connectivity index (χ2v) is 8.54. The number of rotatable bonds is 9. The molecule has 6 nitrogen and oxygen atoms in total. The molecule has 0 aliphatic rings. The van der Waals surface area contributed by atoms with Gasteiger partial charge in [-0.1, -0.05) is 42.8 Å². The SMILES string of the molecule is CCC(CS(=O)(=O)c1ccccc1)NC(=NC)NCCOc1ccc(C)cc1. The molecule has 0 aliphatic carbocycles. The van der Waals surface area contributed by atoms with Gasteiger partial charge in [0.1, 0.15) is 12.4 Å². The van der Waals surface area contributed by atoms with Crippen molar-refractivity contribution in [2.24, 2.45) is 4.99 Å². The van der Waals surface area contributed by atoms with E-state index in [1.807, 2.05) is 38.1 Å². The van der Waals surface area contributed by atoms with Crippen LogP contribution in [0.25, 0.3) is 0 Å². The predicted octanol–water partition coefficient (Wildman–Crippen LogP) is 2.79. The maximum atomic E-state index is 12.6. The summed E-state index contributed by atoms with van der Waals surface area (Å²) < 4.78 is 30.9. The smallest absolute Gasteiger partial charge is 0.191 e. The molecule has 0 fully saturated rings. The first-order valence-corrected chi connectivity index (χ1v) is 11.0. The lowest BCUT2D eigenvalue weighted by Gasteiger charge is -2.20. The van der Waals surface area contributed by atoms with E-state index < -0.39 is 9.84 Å². The summed E-state index contributed by atoms with van der Waals surface area (Å²) in [4.78, 5) is 4.52. The van der Waals surface area contributed by atoms with Gasteiger partial charge in [0.15, 0.2) is 15.8 Å². The van der Waals surface area contributed by atoms with E-state index in [4.69, 9.17) is 4.74 Å². The van der Waals surface area contributed by atoms with Crippen molar-refractivity contribution < 1.29 is 13.2 Å². The Kier molecular flexibility index (Phi) is 8.32. The van der Waals surface area contributed by atoms with E-state index in [0.717, 1.165) is 5.75 Å². The van der Waals surface area contributed by atoms with Crippen LogP contribution in [0.3, 0.4) is 0 Å². The molecular weight excluding hydrogens is 374 g/mol. The molecule has 0 saturated heterocycles. The Labute approximate surface area is 168 Å². The Morgan fingerprint density at radius 2 is 1.79 bits per heavy atom. The Bertz CT molecular complexity index is 850. The second-order valence-electron chi connectivity index (χ2n) is 6.50. The van der Waals surface area contributed by atoms with Crippen LogP contribution in [0.2, 0.25) is 0 Å². The van der Waals surface area contributed by atoms with Gasteiger partial charge in [-0.15, -0.1) is 0 Å². The number of nitrogens with zero attached hydrogens (tertiary/aromatic N) is 1. The van der Waals surface area contributed by atoms with Gasteiger partial charge in [0.2, 0.25) is 0 Å². The molecule has 152 valence electrons. The number of guanidine groups is 1. The van der Waals surface area contributed by atoms with Gasteiger partial charge in [-0.05, 0) is 37.6 Å². The van der Waals surface area contributed by atoms with Crippen molar-refractivity contribution in [2.75, 3.05) is 26.0 Å². The highest BCUT2D eigenvalue weighted by Gasteiger charge is 2.20. The van der Waals surface area contributed by atoms with Crippen molar-refractivity contribution in [2.45, 2.75) is 31.2 Å². The number of nitrogens with one attached hydrogen (secondary N) is 2. The van der Waals surface area contributed by atoms with Gasteiger partial charge in [-0.2, -0.15) is 0 Å². The maximum absolute atomic E-state index is 12.6. The van der Waals surface area contributed by atoms with Crippen LogP contribution in [-0.4, -0.2) is 46.4 Å². The monoisotopic (exact) mass is 403 g/mol. The zero-order valence-electron chi connectivity index (χ0n) is 16.7. The van der Waals surface area contributed by atoms with E-state index >= 15 is 0 Å². The third-order valence-electron chi connectivity index (χ3n) is 4.26. The molecule has 0 bridgehead atoms. The maximum Gasteiger partial charge on any atom is 0.191 e. The minimum atomic E-state index is -3.36. The van der Waals surface area contributed by atoms with Crippen molar-refractivity contribution in [3.63, 3.8) is 0 Å². The first kappa shape index (κ1) is 21.8. The Hall–Kier alpha value is -2.54. The van der Waals surface area contributed by atoms with Crippen molar-refractivity contribution >= 4 is 15.8 Å². The zero-order valence-corrected chi connectivity index (χ0v) is 17.5. The Balaban J connectivity index is 1.83. The zero-order chi connectivity index (χ0) is 20.4. The van der Waals surface area contributed by atoms with Gasteiger partial charge < -0.3 is 15.4 Å². The molecule has 0 spiro atoms. The summed E-state index contributed by atoms with van der Waals surface area (Å²) in [6, 6.07) is 16.1. The van der Waals surface area contributed by atoms with Gasteiger partial charge in [0.05, 0.1) is 17.2 Å². The van der Waals surface area contributed by atoms with Crippen LogP contribution >= 0.6 is 0 Å². The second kappa shape index (κ2) is 10.7. The fraction of sp³-hybridized carbons (Fsp3) is 0.381. The van der Waals surface area contributed by atoms with Crippen molar-refractivity contribution in [3.05, 3.63) is 60.2 Å². The van der Waals surface area contributed by atoms with Crippen LogP contribution in [0.4, 0.5) is 0 Å². The summed E-state index contributed by atoms with van der Waals surface area (Å²) in [5.74, 6) is 1.38. The molecular formula is C21H29N3O3S. The molecule has 0 saturated carbocycles. The number of sulfone groups is 1. The topological polar surface area (TPSA) is 79.8 Å². The Morgan fingerprint density at radius 1 is 1.11 bits per heavy atom. The fourth-order valence-electron chi connectivity index (χ4n) is 2.61. The lowest BCUT2D eigenvalue weighted by molar-refractivity contribution is 0.321. The van der Waals surface area contributed by atoms with Gasteiger partial charge in [0, 0.05) is 13.1 Å². The molecule has 7 heteroatoms. The van der Waals surface area contributed by atoms with Crippen LogP contribution in [0.1, 0.15) is 18.9 Å². The molecule has 2 rings (SSSR count). The standard InChI is InChI=1S/C21H29N3O3S/c1-4-18(16-28(25,26)20-8-6-5-7-9-20)24-21(22-3)23-14-15-27-19-12-10-17(2)11-13-19/h5-13,18H,4,14-16H2,1-3H3,(H2,22,23,24). The number of hydrogen-bond acceptors (Lipinski definition) is 4. The highest BCUT2D eigenvalue weighted by Crippen LogP contribution is 2.12. The van der Waals surface area contributed by atoms with E-state index in [0.29, 0.717) is 30.4 Å². The van der Waals surface area contributed by atoms with Gasteiger partial charge in [-0.3, -0.25) is 4.99 Å². The molecule has 0 radical (unpaired) electrons. The van der Waals surface area contributed by atoms with Gasteiger partial charge in [0.25, 0.3) is 0 Å². The quantitative estimate of drug-likeness (QED) is 0.382. The van der Waals surface area contributed by atoms with E-state index in [1.165, 1.54) is 5.56 Å². The molecule has 2 aromatic rings. The Morgan fingerprint density at radius 3 is 2.39 bits per heavy atom. The first-order chi connectivity index (χ1) is 13.4. The minimum absolute atomic E-state index is 0.00802. The average Bonchev–Trinajstić information content (AvgIpc) is 2.71. The van der Waals surface area contributed by atoms with Crippen LogP contribution in [0.15, 0.2) is 64.5 Å². The van der Waals surface area contributed by atoms with Crippen molar-refractivity contribution in [1.29, 1.82) is 0 Å². The molecule has 28 heavy (non-hydrogen) atoms. The van der Waals surface area contributed by atoms with E-state index in [-0.39, 0.29) is 11.8 Å². The molecule has 0 amide bonds. The van der Waals surface area contributed by atoms with Gasteiger partial charge in [-0.25, -0.2) is 8.42 Å². The van der Waals surface area contributed by atoms with Crippen LogP contribution < -0.4 is 15.4 Å². The first-order valence-electron chi connectivity index (χ1n) is 9.39. The normalized spacial score (nSPS) is 13.0. The minimum Gasteiger partial charge on any atom is -0.492 e. The highest BCUT2D eigenvalue weighted by molar-refractivity contribution is 7.91. The number of hydrogen-bond donors (Lipinski definition) is 2. The molecule has 2 aromatic carbocycles. The molecule has 1 atom stereocenters. The van der Waals surface area contributed by atoms with Crippen LogP contribution in [0.5, 0.6) is 5.75 Å². The summed E-state index contributed by atoms with van der Waals surface area (Å²) in [6.45, 7) is 5.01. The fourth-order valence-corrected chi connectivity index (χ4v) is 4.22. The number of aryl methyl sites for hydroxylation is 1. The largest absolute Gasteiger partial charge is 0.492 e. The van der Waals surface area contributed by atoms with Gasteiger partial charge >= 0.3 is 0 Å². The van der Waals surface area contributed by atoms with Crippen LogP contribution in [0, 0.1) is 6.92 Å². The number of ether oxygens (including phenoxy) is 1. The molecule has 0 aliphatic heterocycles. The summed E-state index contributed by atoms with van der Waals surface area (Å²) in [7, 11) is -1.70. The third-order valence-corrected chi connectivity index (χ3v) is 6.10.